The van der Waals surface area contributed by atoms with Gasteiger partial charge in [-0.25, -0.2) is 0 Å². The van der Waals surface area contributed by atoms with Crippen molar-refractivity contribution < 1.29 is 9.84 Å². The number of phenols is 1. The van der Waals surface area contributed by atoms with E-state index in [2.05, 4.69) is 6.92 Å². The summed E-state index contributed by atoms with van der Waals surface area (Å²) in [5.41, 5.74) is 2.05. The van der Waals surface area contributed by atoms with E-state index in [0.717, 1.165) is 23.3 Å². The molecule has 0 saturated carbocycles. The molecule has 0 aliphatic heterocycles. The zero-order valence-corrected chi connectivity index (χ0v) is 10.8. The molecule has 2 aromatic carbocycles. The maximum atomic E-state index is 9.54. The molecule has 0 bridgehead atoms. The number of phenolic OH excluding ortho intramolecular Hbond substituents is 1. The molecule has 0 saturated heterocycles. The molecular formula is C16H15NO2. The summed E-state index contributed by atoms with van der Waals surface area (Å²) in [4.78, 5) is 0. The zero-order chi connectivity index (χ0) is 13.7. The maximum Gasteiger partial charge on any atom is 0.133 e. The van der Waals surface area contributed by atoms with Crippen LogP contribution in [0.25, 0.3) is 11.1 Å². The molecule has 2 rings (SSSR count). The number of benzene rings is 2. The van der Waals surface area contributed by atoms with Gasteiger partial charge in [-0.1, -0.05) is 31.2 Å². The summed E-state index contributed by atoms with van der Waals surface area (Å²) in [5, 5.41) is 18.5. The topological polar surface area (TPSA) is 53.2 Å². The molecule has 0 unspecified atom stereocenters. The van der Waals surface area contributed by atoms with Crippen molar-refractivity contribution in [3.05, 3.63) is 48.0 Å². The SMILES string of the molecule is CCCOc1ccccc1-c1ccc(O)c(C#N)c1. The van der Waals surface area contributed by atoms with Crippen molar-refractivity contribution in [3.8, 4) is 28.7 Å². The molecule has 0 amide bonds. The van der Waals surface area contributed by atoms with Gasteiger partial charge in [0.2, 0.25) is 0 Å². The number of para-hydroxylation sites is 1. The number of aromatic hydroxyl groups is 1. The lowest BCUT2D eigenvalue weighted by Crippen LogP contribution is -1.96. The third-order valence-corrected chi connectivity index (χ3v) is 2.78. The van der Waals surface area contributed by atoms with Crippen LogP contribution in [-0.4, -0.2) is 11.7 Å². The van der Waals surface area contributed by atoms with E-state index in [-0.39, 0.29) is 11.3 Å². The van der Waals surface area contributed by atoms with Crippen molar-refractivity contribution in [3.63, 3.8) is 0 Å². The van der Waals surface area contributed by atoms with Crippen LogP contribution in [0.5, 0.6) is 11.5 Å². The number of ether oxygens (including phenoxy) is 1. The van der Waals surface area contributed by atoms with Crippen LogP contribution in [0.4, 0.5) is 0 Å². The Hall–Kier alpha value is -2.47. The van der Waals surface area contributed by atoms with Gasteiger partial charge in [-0.2, -0.15) is 5.26 Å². The Morgan fingerprint density at radius 2 is 2.00 bits per heavy atom. The second-order valence-corrected chi connectivity index (χ2v) is 4.19. The monoisotopic (exact) mass is 253 g/mol. The first-order valence-electron chi connectivity index (χ1n) is 6.21. The van der Waals surface area contributed by atoms with Gasteiger partial charge in [0, 0.05) is 5.56 Å². The number of nitrogens with zero attached hydrogens (tertiary/aromatic N) is 1. The van der Waals surface area contributed by atoms with E-state index in [1.165, 1.54) is 6.07 Å². The van der Waals surface area contributed by atoms with Crippen molar-refractivity contribution in [2.75, 3.05) is 6.61 Å². The summed E-state index contributed by atoms with van der Waals surface area (Å²) in [5.74, 6) is 0.789. The van der Waals surface area contributed by atoms with Gasteiger partial charge < -0.3 is 9.84 Å². The normalized spacial score (nSPS) is 9.89. The summed E-state index contributed by atoms with van der Waals surface area (Å²) >= 11 is 0. The predicted molar refractivity (Wildman–Crippen MR) is 74.0 cm³/mol. The fourth-order valence-corrected chi connectivity index (χ4v) is 1.84. The molecule has 0 aromatic heterocycles. The minimum absolute atomic E-state index is 0.00166. The van der Waals surface area contributed by atoms with Gasteiger partial charge in [0.25, 0.3) is 0 Å². The van der Waals surface area contributed by atoms with E-state index in [9.17, 15) is 5.11 Å². The summed E-state index contributed by atoms with van der Waals surface area (Å²) in [6.45, 7) is 2.71. The van der Waals surface area contributed by atoms with E-state index in [4.69, 9.17) is 10.00 Å². The zero-order valence-electron chi connectivity index (χ0n) is 10.8. The van der Waals surface area contributed by atoms with Gasteiger partial charge in [0.1, 0.15) is 17.6 Å². The second kappa shape index (κ2) is 5.92. The molecule has 0 aliphatic rings. The molecule has 3 heteroatoms. The fraction of sp³-hybridized carbons (Fsp3) is 0.188. The van der Waals surface area contributed by atoms with Crippen molar-refractivity contribution in [1.82, 2.24) is 0 Å². The molecule has 3 nitrogen and oxygen atoms in total. The molecule has 0 fully saturated rings. The van der Waals surface area contributed by atoms with Crippen molar-refractivity contribution in [2.45, 2.75) is 13.3 Å². The number of hydrogen-bond acceptors (Lipinski definition) is 3. The van der Waals surface area contributed by atoms with E-state index < -0.39 is 0 Å². The average molecular weight is 253 g/mol. The van der Waals surface area contributed by atoms with Crippen LogP contribution in [0, 0.1) is 11.3 Å². The highest BCUT2D eigenvalue weighted by Crippen LogP contribution is 2.32. The minimum Gasteiger partial charge on any atom is -0.507 e. The van der Waals surface area contributed by atoms with Crippen LogP contribution < -0.4 is 4.74 Å². The Labute approximate surface area is 112 Å². The minimum atomic E-state index is -0.00166. The molecule has 0 radical (unpaired) electrons. The molecule has 0 spiro atoms. The molecule has 1 N–H and O–H groups in total. The third kappa shape index (κ3) is 2.86. The highest BCUT2D eigenvalue weighted by Gasteiger charge is 2.08. The fourth-order valence-electron chi connectivity index (χ4n) is 1.84. The molecule has 2 aromatic rings. The highest BCUT2D eigenvalue weighted by atomic mass is 16.5. The Kier molecular flexibility index (Phi) is 4.04. The highest BCUT2D eigenvalue weighted by molar-refractivity contribution is 5.72. The van der Waals surface area contributed by atoms with Crippen LogP contribution in [0.15, 0.2) is 42.5 Å². The van der Waals surface area contributed by atoms with Crippen molar-refractivity contribution in [1.29, 1.82) is 5.26 Å². The Bertz CT molecular complexity index is 614. The summed E-state index contributed by atoms with van der Waals surface area (Å²) in [6.07, 6.45) is 0.938. The first-order valence-corrected chi connectivity index (χ1v) is 6.21. The summed E-state index contributed by atoms with van der Waals surface area (Å²) < 4.78 is 5.70. The number of hydrogen-bond donors (Lipinski definition) is 1. The largest absolute Gasteiger partial charge is 0.507 e. The Morgan fingerprint density at radius 1 is 1.21 bits per heavy atom. The van der Waals surface area contributed by atoms with Crippen molar-refractivity contribution >= 4 is 0 Å². The first-order chi connectivity index (χ1) is 9.26. The van der Waals surface area contributed by atoms with Gasteiger partial charge >= 0.3 is 0 Å². The van der Waals surface area contributed by atoms with Gasteiger partial charge in [-0.15, -0.1) is 0 Å². The van der Waals surface area contributed by atoms with Crippen LogP contribution in [-0.2, 0) is 0 Å². The van der Waals surface area contributed by atoms with Crippen LogP contribution in [0.1, 0.15) is 18.9 Å². The van der Waals surface area contributed by atoms with Crippen LogP contribution >= 0.6 is 0 Å². The predicted octanol–water partition coefficient (Wildman–Crippen LogP) is 3.72. The lowest BCUT2D eigenvalue weighted by molar-refractivity contribution is 0.318. The molecule has 0 aliphatic carbocycles. The second-order valence-electron chi connectivity index (χ2n) is 4.19. The standard InChI is InChI=1S/C16H15NO2/c1-2-9-19-16-6-4-3-5-14(16)12-7-8-15(18)13(10-12)11-17/h3-8,10,18H,2,9H2,1H3. The van der Waals surface area contributed by atoms with Crippen LogP contribution in [0.2, 0.25) is 0 Å². The maximum absolute atomic E-state index is 9.54. The van der Waals surface area contributed by atoms with E-state index >= 15 is 0 Å². The Morgan fingerprint density at radius 3 is 2.74 bits per heavy atom. The molecular weight excluding hydrogens is 238 g/mol. The van der Waals surface area contributed by atoms with Gasteiger partial charge in [0.15, 0.2) is 0 Å². The van der Waals surface area contributed by atoms with Gasteiger partial charge in [0.05, 0.1) is 12.2 Å². The Balaban J connectivity index is 2.44. The lowest BCUT2D eigenvalue weighted by atomic mass is 10.0. The number of rotatable bonds is 4. The quantitative estimate of drug-likeness (QED) is 0.903. The van der Waals surface area contributed by atoms with Gasteiger partial charge in [-0.3, -0.25) is 0 Å². The third-order valence-electron chi connectivity index (χ3n) is 2.78. The van der Waals surface area contributed by atoms with E-state index in [0.29, 0.717) is 6.61 Å². The molecule has 0 heterocycles. The van der Waals surface area contributed by atoms with E-state index in [1.54, 1.807) is 12.1 Å². The van der Waals surface area contributed by atoms with Gasteiger partial charge in [-0.05, 0) is 30.2 Å². The lowest BCUT2D eigenvalue weighted by Gasteiger charge is -2.11. The van der Waals surface area contributed by atoms with Crippen LogP contribution in [0.3, 0.4) is 0 Å². The average Bonchev–Trinajstić information content (AvgIpc) is 2.46. The van der Waals surface area contributed by atoms with Crippen molar-refractivity contribution in [2.24, 2.45) is 0 Å². The number of nitriles is 1. The molecule has 0 atom stereocenters. The first kappa shape index (κ1) is 13.0. The molecule has 96 valence electrons. The molecule has 19 heavy (non-hydrogen) atoms. The van der Waals surface area contributed by atoms with E-state index in [1.807, 2.05) is 30.3 Å². The smallest absolute Gasteiger partial charge is 0.133 e. The summed E-state index contributed by atoms with van der Waals surface area (Å²) in [7, 11) is 0. The summed E-state index contributed by atoms with van der Waals surface area (Å²) in [6, 6.07) is 14.7.